The zero-order valence-corrected chi connectivity index (χ0v) is 15.8. The number of hydrogen-bond donors (Lipinski definition) is 1. The van der Waals surface area contributed by atoms with E-state index in [1.807, 2.05) is 0 Å². The highest BCUT2D eigenvalue weighted by atomic mass is 19.4. The fraction of sp³-hybridized carbons (Fsp3) is 0.611. The van der Waals surface area contributed by atoms with Gasteiger partial charge in [-0.1, -0.05) is 0 Å². The van der Waals surface area contributed by atoms with Crippen LogP contribution in [0.15, 0.2) is 12.1 Å². The smallest absolute Gasteiger partial charge is 0.348 e. The van der Waals surface area contributed by atoms with Gasteiger partial charge in [-0.3, -0.25) is 4.79 Å². The molecule has 0 aliphatic carbocycles. The molecule has 2 aromatic heterocycles. The summed E-state index contributed by atoms with van der Waals surface area (Å²) in [6.45, 7) is 1.30. The number of hydrogen-bond acceptors (Lipinski definition) is 4. The average Bonchev–Trinajstić information content (AvgIpc) is 3.10. The highest BCUT2D eigenvalue weighted by Crippen LogP contribution is 2.43. The van der Waals surface area contributed by atoms with Crippen molar-refractivity contribution in [3.05, 3.63) is 29.2 Å². The maximum atomic E-state index is 14.0. The van der Waals surface area contributed by atoms with E-state index in [4.69, 9.17) is 0 Å². The van der Waals surface area contributed by atoms with Gasteiger partial charge in [-0.2, -0.15) is 27.1 Å². The molecule has 4 heterocycles. The molecular formula is C18H20F5N5O. The van der Waals surface area contributed by atoms with Crippen LogP contribution in [0.1, 0.15) is 47.6 Å². The first-order valence-corrected chi connectivity index (χ1v) is 9.32. The molecule has 2 bridgehead atoms. The molecule has 2 saturated heterocycles. The third-order valence-electron chi connectivity index (χ3n) is 5.90. The Morgan fingerprint density at radius 2 is 1.76 bits per heavy atom. The van der Waals surface area contributed by atoms with Crippen molar-refractivity contribution in [1.82, 2.24) is 24.8 Å². The summed E-state index contributed by atoms with van der Waals surface area (Å²) in [5.41, 5.74) is -1.88. The number of rotatable bonds is 3. The number of carbonyl (C=O) groups excluding carboxylic acids is 1. The van der Waals surface area contributed by atoms with Crippen LogP contribution >= 0.6 is 0 Å². The second-order valence-corrected chi connectivity index (χ2v) is 7.85. The van der Waals surface area contributed by atoms with Crippen molar-refractivity contribution in [2.24, 2.45) is 0 Å². The van der Waals surface area contributed by atoms with Gasteiger partial charge in [0.15, 0.2) is 11.3 Å². The Morgan fingerprint density at radius 1 is 1.14 bits per heavy atom. The summed E-state index contributed by atoms with van der Waals surface area (Å²) in [4.78, 5) is 18.8. The predicted octanol–water partition coefficient (Wildman–Crippen LogP) is 3.05. The quantitative estimate of drug-likeness (QED) is 0.780. The number of aromatic nitrogens is 3. The minimum atomic E-state index is -5.80. The van der Waals surface area contributed by atoms with Crippen molar-refractivity contribution in [3.8, 4) is 0 Å². The molecule has 29 heavy (non-hydrogen) atoms. The van der Waals surface area contributed by atoms with Crippen LogP contribution in [0.3, 0.4) is 0 Å². The lowest BCUT2D eigenvalue weighted by molar-refractivity contribution is -0.291. The molecule has 0 saturated carbocycles. The Hall–Kier alpha value is -2.30. The van der Waals surface area contributed by atoms with E-state index in [2.05, 4.69) is 27.3 Å². The van der Waals surface area contributed by atoms with Gasteiger partial charge < -0.3 is 10.2 Å². The van der Waals surface area contributed by atoms with Gasteiger partial charge >= 0.3 is 12.1 Å². The highest BCUT2D eigenvalue weighted by Gasteiger charge is 2.60. The second kappa shape index (κ2) is 6.61. The Bertz CT molecular complexity index is 942. The molecule has 0 aromatic carbocycles. The Labute approximate surface area is 163 Å². The molecule has 6 nitrogen and oxygen atoms in total. The van der Waals surface area contributed by atoms with E-state index in [1.54, 1.807) is 0 Å². The van der Waals surface area contributed by atoms with Gasteiger partial charge in [0.2, 0.25) is 0 Å². The van der Waals surface area contributed by atoms with Crippen molar-refractivity contribution >= 4 is 11.6 Å². The fourth-order valence-electron chi connectivity index (χ4n) is 4.37. The third-order valence-corrected chi connectivity index (χ3v) is 5.90. The molecule has 2 fully saturated rings. The fourth-order valence-corrected chi connectivity index (χ4v) is 4.37. The summed E-state index contributed by atoms with van der Waals surface area (Å²) in [5.74, 6) is -5.74. The van der Waals surface area contributed by atoms with Crippen LogP contribution in [0.4, 0.5) is 22.0 Å². The van der Waals surface area contributed by atoms with Crippen LogP contribution in [0, 0.1) is 6.92 Å². The molecule has 0 spiro atoms. The summed E-state index contributed by atoms with van der Waals surface area (Å²) in [5, 5.41) is 6.56. The van der Waals surface area contributed by atoms with Crippen LogP contribution < -0.4 is 5.32 Å². The van der Waals surface area contributed by atoms with E-state index in [1.165, 1.54) is 6.92 Å². The van der Waals surface area contributed by atoms with Crippen molar-refractivity contribution in [2.45, 2.75) is 62.8 Å². The van der Waals surface area contributed by atoms with Crippen LogP contribution in [-0.2, 0) is 5.92 Å². The normalized spacial score (nSPS) is 25.6. The lowest BCUT2D eigenvalue weighted by Gasteiger charge is -2.36. The number of fused-ring (bicyclic) bond motifs is 3. The average molecular weight is 417 g/mol. The van der Waals surface area contributed by atoms with Crippen molar-refractivity contribution in [3.63, 3.8) is 0 Å². The molecule has 0 radical (unpaired) electrons. The van der Waals surface area contributed by atoms with E-state index >= 15 is 0 Å². The lowest BCUT2D eigenvalue weighted by atomic mass is 9.98. The van der Waals surface area contributed by atoms with Crippen LogP contribution in [0.5, 0.6) is 0 Å². The number of piperidine rings is 1. The van der Waals surface area contributed by atoms with Crippen molar-refractivity contribution in [2.75, 3.05) is 7.05 Å². The van der Waals surface area contributed by atoms with E-state index < -0.39 is 23.7 Å². The zero-order valence-electron chi connectivity index (χ0n) is 15.8. The van der Waals surface area contributed by atoms with Gasteiger partial charge in [0.1, 0.15) is 5.69 Å². The topological polar surface area (TPSA) is 62.5 Å². The number of halogens is 5. The SMILES string of the molecule is Cc1cc(C(F)(F)C(F)(F)F)n2nc(C(=O)NC3CC4CCC(C3)N4C)cc2n1. The summed E-state index contributed by atoms with van der Waals surface area (Å²) in [7, 11) is 2.05. The van der Waals surface area contributed by atoms with Gasteiger partial charge in [0.25, 0.3) is 5.91 Å². The second-order valence-electron chi connectivity index (χ2n) is 7.85. The van der Waals surface area contributed by atoms with Gasteiger partial charge in [-0.15, -0.1) is 0 Å². The van der Waals surface area contributed by atoms with Gasteiger partial charge in [0.05, 0.1) is 0 Å². The van der Waals surface area contributed by atoms with E-state index in [-0.39, 0.29) is 23.1 Å². The number of nitrogens with one attached hydrogen (secondary N) is 1. The summed E-state index contributed by atoms with van der Waals surface area (Å²) in [6.07, 6.45) is -2.15. The molecule has 1 amide bonds. The minimum Gasteiger partial charge on any atom is -0.348 e. The first-order chi connectivity index (χ1) is 13.5. The molecule has 2 aliphatic rings. The van der Waals surface area contributed by atoms with Crippen LogP contribution in [-0.4, -0.2) is 56.8 Å². The Morgan fingerprint density at radius 3 is 2.34 bits per heavy atom. The third kappa shape index (κ3) is 3.34. The minimum absolute atomic E-state index is 0.0322. The number of alkyl halides is 5. The van der Waals surface area contributed by atoms with Gasteiger partial charge in [-0.25, -0.2) is 9.50 Å². The first kappa shape index (κ1) is 20.0. The van der Waals surface area contributed by atoms with Gasteiger partial charge in [0, 0.05) is 29.9 Å². The number of aryl methyl sites for hydroxylation is 1. The predicted molar refractivity (Wildman–Crippen MR) is 92.7 cm³/mol. The summed E-state index contributed by atoms with van der Waals surface area (Å²) in [6, 6.07) is 2.42. The zero-order chi connectivity index (χ0) is 21.1. The highest BCUT2D eigenvalue weighted by molar-refractivity contribution is 5.93. The van der Waals surface area contributed by atoms with Crippen LogP contribution in [0.2, 0.25) is 0 Å². The van der Waals surface area contributed by atoms with Crippen molar-refractivity contribution in [1.29, 1.82) is 0 Å². The molecule has 2 aromatic rings. The van der Waals surface area contributed by atoms with E-state index in [9.17, 15) is 26.7 Å². The Balaban J connectivity index is 1.62. The summed E-state index contributed by atoms with van der Waals surface area (Å²) < 4.78 is 66.9. The number of amides is 1. The number of nitrogens with zero attached hydrogens (tertiary/aromatic N) is 4. The number of carbonyl (C=O) groups is 1. The largest absolute Gasteiger partial charge is 0.459 e. The molecule has 1 N–H and O–H groups in total. The van der Waals surface area contributed by atoms with Crippen LogP contribution in [0.25, 0.3) is 5.65 Å². The maximum absolute atomic E-state index is 14.0. The maximum Gasteiger partial charge on any atom is 0.459 e. The molecular weight excluding hydrogens is 397 g/mol. The van der Waals surface area contributed by atoms with E-state index in [0.717, 1.165) is 31.7 Å². The standard InChI is InChI=1S/C18H20F5N5O/c1-9-5-14(17(19,20)18(21,22)23)28-15(24-9)8-13(26-28)16(29)25-10-6-11-3-4-12(7-10)27(11)2/h5,8,10-12H,3-4,6-7H2,1-2H3,(H,25,29). The first-order valence-electron chi connectivity index (χ1n) is 9.32. The van der Waals surface area contributed by atoms with E-state index in [0.29, 0.717) is 22.7 Å². The molecule has 11 heteroatoms. The molecule has 2 aliphatic heterocycles. The molecule has 2 atom stereocenters. The summed E-state index contributed by atoms with van der Waals surface area (Å²) >= 11 is 0. The van der Waals surface area contributed by atoms with Gasteiger partial charge in [-0.05, 0) is 45.7 Å². The Kier molecular flexibility index (Phi) is 4.56. The molecule has 4 rings (SSSR count). The monoisotopic (exact) mass is 417 g/mol. The molecule has 2 unspecified atom stereocenters. The lowest BCUT2D eigenvalue weighted by Crippen LogP contribution is -2.48. The van der Waals surface area contributed by atoms with Crippen molar-refractivity contribution < 1.29 is 26.7 Å². The molecule has 158 valence electrons.